The van der Waals surface area contributed by atoms with Gasteiger partial charge in [-0.25, -0.2) is 13.2 Å². The number of hydrogen-bond acceptors (Lipinski definition) is 6. The van der Waals surface area contributed by atoms with Crippen LogP contribution in [-0.2, 0) is 24.3 Å². The number of amides is 1. The lowest BCUT2D eigenvalue weighted by molar-refractivity contribution is -0.154. The Hall–Kier alpha value is -3.20. The van der Waals surface area contributed by atoms with E-state index in [1.54, 1.807) is 49.5 Å². The van der Waals surface area contributed by atoms with Gasteiger partial charge in [0.05, 0.1) is 4.90 Å². The van der Waals surface area contributed by atoms with Crippen LogP contribution in [0.4, 0.5) is 5.69 Å². The molecule has 0 aliphatic carbocycles. The lowest BCUT2D eigenvalue weighted by Crippen LogP contribution is -2.39. The van der Waals surface area contributed by atoms with Crippen molar-refractivity contribution in [3.8, 4) is 0 Å². The van der Waals surface area contributed by atoms with Gasteiger partial charge in [-0.2, -0.15) is 0 Å². The van der Waals surface area contributed by atoms with Gasteiger partial charge in [0, 0.05) is 18.3 Å². The van der Waals surface area contributed by atoms with Gasteiger partial charge in [0.15, 0.2) is 6.10 Å². The molecule has 152 valence electrons. The van der Waals surface area contributed by atoms with Crippen molar-refractivity contribution in [2.75, 3.05) is 11.9 Å². The predicted molar refractivity (Wildman–Crippen MR) is 108 cm³/mol. The van der Waals surface area contributed by atoms with Gasteiger partial charge in [-0.3, -0.25) is 14.5 Å². The second-order valence-electron chi connectivity index (χ2n) is 6.57. The summed E-state index contributed by atoms with van der Waals surface area (Å²) in [5, 5.41) is 0. The largest absolute Gasteiger partial charge is 0.451 e. The highest BCUT2D eigenvalue weighted by molar-refractivity contribution is 7.90. The number of anilines is 1. The van der Waals surface area contributed by atoms with Gasteiger partial charge in [0.2, 0.25) is 0 Å². The fraction of sp³-hybridized carbons (Fsp3) is 0.250. The van der Waals surface area contributed by atoms with Gasteiger partial charge < -0.3 is 9.64 Å². The van der Waals surface area contributed by atoms with E-state index < -0.39 is 34.0 Å². The molecular formula is C20H21N3O5S. The quantitative estimate of drug-likeness (QED) is 0.749. The molecule has 0 bridgehead atoms. The van der Waals surface area contributed by atoms with E-state index in [0.717, 1.165) is 0 Å². The van der Waals surface area contributed by atoms with Crippen molar-refractivity contribution in [2.45, 2.75) is 30.9 Å². The normalized spacial score (nSPS) is 17.7. The molecule has 1 aliphatic rings. The summed E-state index contributed by atoms with van der Waals surface area (Å²) < 4.78 is 31.9. The SMILES string of the molecule is C[C@H](N=C1NS(=O)(=O)c2ccccc21)C(=O)O[C@@H](C)C(=O)N(C)c1ccccc1. The first-order chi connectivity index (χ1) is 13.7. The molecule has 1 aliphatic heterocycles. The number of nitrogens with one attached hydrogen (secondary N) is 1. The van der Waals surface area contributed by atoms with Crippen LogP contribution in [0.1, 0.15) is 19.4 Å². The first-order valence-corrected chi connectivity index (χ1v) is 10.4. The third kappa shape index (κ3) is 4.29. The highest BCUT2D eigenvalue weighted by Crippen LogP contribution is 2.22. The Labute approximate surface area is 169 Å². The molecule has 2 aromatic rings. The average Bonchev–Trinajstić information content (AvgIpc) is 2.97. The lowest BCUT2D eigenvalue weighted by atomic mass is 10.2. The molecule has 1 heterocycles. The van der Waals surface area contributed by atoms with E-state index in [-0.39, 0.29) is 10.7 Å². The molecule has 0 saturated carbocycles. The van der Waals surface area contributed by atoms with Gasteiger partial charge >= 0.3 is 5.97 Å². The Morgan fingerprint density at radius 1 is 1.03 bits per heavy atom. The summed E-state index contributed by atoms with van der Waals surface area (Å²) in [7, 11) is -2.10. The van der Waals surface area contributed by atoms with Crippen molar-refractivity contribution in [3.05, 3.63) is 60.2 Å². The minimum absolute atomic E-state index is 0.0745. The number of para-hydroxylation sites is 1. The Bertz CT molecular complexity index is 1070. The van der Waals surface area contributed by atoms with Gasteiger partial charge in [0.25, 0.3) is 15.9 Å². The molecular weight excluding hydrogens is 394 g/mol. The second-order valence-corrected chi connectivity index (χ2v) is 8.22. The number of ether oxygens (including phenoxy) is 1. The molecule has 0 spiro atoms. The summed E-state index contributed by atoms with van der Waals surface area (Å²) in [4.78, 5) is 30.6. The maximum absolute atomic E-state index is 12.5. The van der Waals surface area contributed by atoms with Crippen molar-refractivity contribution in [3.63, 3.8) is 0 Å². The molecule has 2 aromatic carbocycles. The molecule has 1 amide bonds. The highest BCUT2D eigenvalue weighted by atomic mass is 32.2. The molecule has 29 heavy (non-hydrogen) atoms. The van der Waals surface area contributed by atoms with E-state index in [9.17, 15) is 18.0 Å². The first kappa shape index (κ1) is 20.5. The van der Waals surface area contributed by atoms with Gasteiger partial charge in [-0.15, -0.1) is 0 Å². The molecule has 0 unspecified atom stereocenters. The van der Waals surface area contributed by atoms with Gasteiger partial charge in [0.1, 0.15) is 11.9 Å². The van der Waals surface area contributed by atoms with Crippen molar-refractivity contribution in [2.24, 2.45) is 4.99 Å². The summed E-state index contributed by atoms with van der Waals surface area (Å²) in [5.41, 5.74) is 1.06. The van der Waals surface area contributed by atoms with Crippen molar-refractivity contribution >= 4 is 33.4 Å². The fourth-order valence-electron chi connectivity index (χ4n) is 2.85. The van der Waals surface area contributed by atoms with Crippen LogP contribution in [0.15, 0.2) is 64.5 Å². The molecule has 0 aromatic heterocycles. The molecule has 0 saturated heterocycles. The molecule has 9 heteroatoms. The van der Waals surface area contributed by atoms with Crippen LogP contribution in [0.5, 0.6) is 0 Å². The Balaban J connectivity index is 1.70. The monoisotopic (exact) mass is 415 g/mol. The number of hydrogen-bond donors (Lipinski definition) is 1. The first-order valence-electron chi connectivity index (χ1n) is 8.94. The van der Waals surface area contributed by atoms with Crippen molar-refractivity contribution < 1.29 is 22.7 Å². The molecule has 2 atom stereocenters. The van der Waals surface area contributed by atoms with Crippen molar-refractivity contribution in [1.82, 2.24) is 4.72 Å². The summed E-state index contributed by atoms with van der Waals surface area (Å²) in [6.45, 7) is 2.95. The maximum Gasteiger partial charge on any atom is 0.331 e. The number of esters is 1. The Kier molecular flexibility index (Phi) is 5.69. The van der Waals surface area contributed by atoms with E-state index in [1.165, 1.54) is 24.8 Å². The van der Waals surface area contributed by atoms with Crippen LogP contribution in [0.3, 0.4) is 0 Å². The number of nitrogens with zero attached hydrogens (tertiary/aromatic N) is 2. The number of amidine groups is 1. The summed E-state index contributed by atoms with van der Waals surface area (Å²) >= 11 is 0. The van der Waals surface area contributed by atoms with E-state index in [1.807, 2.05) is 6.07 Å². The van der Waals surface area contributed by atoms with E-state index in [2.05, 4.69) is 9.71 Å². The minimum Gasteiger partial charge on any atom is -0.451 e. The van der Waals surface area contributed by atoms with Gasteiger partial charge in [-0.1, -0.05) is 30.3 Å². The number of carbonyl (C=O) groups is 2. The smallest absolute Gasteiger partial charge is 0.331 e. The fourth-order valence-corrected chi connectivity index (χ4v) is 4.09. The zero-order valence-electron chi connectivity index (χ0n) is 16.2. The van der Waals surface area contributed by atoms with Crippen LogP contribution >= 0.6 is 0 Å². The second kappa shape index (κ2) is 8.04. The number of benzene rings is 2. The van der Waals surface area contributed by atoms with Crippen LogP contribution < -0.4 is 9.62 Å². The molecule has 8 nitrogen and oxygen atoms in total. The van der Waals surface area contributed by atoms with E-state index in [4.69, 9.17) is 4.74 Å². The Morgan fingerprint density at radius 3 is 2.34 bits per heavy atom. The predicted octanol–water partition coefficient (Wildman–Crippen LogP) is 1.71. The number of fused-ring (bicyclic) bond motifs is 1. The number of aliphatic imine (C=N–C) groups is 1. The molecule has 0 fully saturated rings. The van der Waals surface area contributed by atoms with E-state index >= 15 is 0 Å². The number of rotatable bonds is 5. The van der Waals surface area contributed by atoms with Crippen LogP contribution in [-0.4, -0.2) is 45.3 Å². The summed E-state index contributed by atoms with van der Waals surface area (Å²) in [6.07, 6.45) is -1.03. The van der Waals surface area contributed by atoms with Gasteiger partial charge in [-0.05, 0) is 38.1 Å². The van der Waals surface area contributed by atoms with Crippen molar-refractivity contribution in [1.29, 1.82) is 0 Å². The third-order valence-electron chi connectivity index (χ3n) is 4.44. The summed E-state index contributed by atoms with van der Waals surface area (Å²) in [6, 6.07) is 14.3. The number of likely N-dealkylation sites (N-methyl/N-ethyl adjacent to an activating group) is 1. The third-order valence-corrected chi connectivity index (χ3v) is 5.84. The summed E-state index contributed by atoms with van der Waals surface area (Å²) in [5.74, 6) is -1.05. The minimum atomic E-state index is -3.70. The van der Waals surface area contributed by atoms with Crippen LogP contribution in [0, 0.1) is 0 Å². The molecule has 3 rings (SSSR count). The molecule has 1 N–H and O–H groups in total. The lowest BCUT2D eigenvalue weighted by Gasteiger charge is -2.22. The number of carbonyl (C=O) groups excluding carboxylic acids is 2. The topological polar surface area (TPSA) is 105 Å². The van der Waals surface area contributed by atoms with Crippen LogP contribution in [0.2, 0.25) is 0 Å². The van der Waals surface area contributed by atoms with E-state index in [0.29, 0.717) is 11.3 Å². The number of sulfonamides is 1. The molecule has 0 radical (unpaired) electrons. The maximum atomic E-state index is 12.5. The zero-order chi connectivity index (χ0) is 21.2. The zero-order valence-corrected chi connectivity index (χ0v) is 17.0. The highest BCUT2D eigenvalue weighted by Gasteiger charge is 2.32. The van der Waals surface area contributed by atoms with Crippen LogP contribution in [0.25, 0.3) is 0 Å². The average molecular weight is 415 g/mol. The Morgan fingerprint density at radius 2 is 1.66 bits per heavy atom. The standard InChI is InChI=1S/C20H21N3O5S/c1-13(21-18-16-11-7-8-12-17(16)29(26,27)22-18)20(25)28-14(2)19(24)23(3)15-9-5-4-6-10-15/h4-14H,1-3H3,(H,21,22)/t13-,14-/m0/s1.